The van der Waals surface area contributed by atoms with Crippen molar-refractivity contribution in [2.45, 2.75) is 0 Å². The number of anilines is 1. The second-order valence-corrected chi connectivity index (χ2v) is 2.16. The Morgan fingerprint density at radius 1 is 1.77 bits per heavy atom. The monoisotopic (exact) mass is 184 g/mol. The summed E-state index contributed by atoms with van der Waals surface area (Å²) in [5.41, 5.74) is -0.428. The van der Waals surface area contributed by atoms with E-state index in [1.165, 1.54) is 7.11 Å². The van der Waals surface area contributed by atoms with Gasteiger partial charge in [0.1, 0.15) is 12.8 Å². The lowest BCUT2D eigenvalue weighted by Crippen LogP contribution is -2.21. The van der Waals surface area contributed by atoms with E-state index in [1.54, 1.807) is 0 Å². The average Bonchev–Trinajstić information content (AvgIpc) is 2.04. The standard InChI is InChI=1S/C6H8N4O3/c1-13-3-5(12)9-6-8-4(11)2-7-10-6/h2H,3H2,1H3,(H2,8,9,10,11,12). The SMILES string of the molecule is COCC(=O)Nc1nncc(=O)[nH]1. The fourth-order valence-corrected chi connectivity index (χ4v) is 0.669. The van der Waals surface area contributed by atoms with Crippen LogP contribution >= 0.6 is 0 Å². The number of amides is 1. The minimum absolute atomic E-state index is 0.00884. The molecule has 1 amide bonds. The Morgan fingerprint density at radius 3 is 3.15 bits per heavy atom. The van der Waals surface area contributed by atoms with Crippen molar-refractivity contribution in [3.8, 4) is 0 Å². The van der Waals surface area contributed by atoms with Crippen LogP contribution in [0.25, 0.3) is 0 Å². The van der Waals surface area contributed by atoms with Crippen LogP contribution in [0.4, 0.5) is 5.95 Å². The van der Waals surface area contributed by atoms with Crippen molar-refractivity contribution in [2.24, 2.45) is 0 Å². The molecule has 0 atom stereocenters. The third-order valence-electron chi connectivity index (χ3n) is 1.11. The number of rotatable bonds is 3. The first-order valence-electron chi connectivity index (χ1n) is 3.43. The molecular formula is C6H8N4O3. The maximum absolute atomic E-state index is 10.9. The van der Waals surface area contributed by atoms with Crippen LogP contribution in [-0.4, -0.2) is 34.8 Å². The number of ether oxygens (including phenoxy) is 1. The predicted octanol–water partition coefficient (Wildman–Crippen LogP) is -1.25. The number of nitrogens with zero attached hydrogens (tertiary/aromatic N) is 2. The topological polar surface area (TPSA) is 97.0 Å². The number of carbonyl (C=O) groups is 1. The summed E-state index contributed by atoms with van der Waals surface area (Å²) in [5, 5.41) is 9.11. The normalized spacial score (nSPS) is 9.62. The van der Waals surface area contributed by atoms with E-state index >= 15 is 0 Å². The first-order valence-corrected chi connectivity index (χ1v) is 3.43. The molecule has 2 N–H and O–H groups in total. The van der Waals surface area contributed by atoms with Crippen LogP contribution < -0.4 is 10.9 Å². The molecule has 0 aliphatic heterocycles. The summed E-state index contributed by atoms with van der Waals surface area (Å²) in [5.74, 6) is -0.395. The molecule has 0 bridgehead atoms. The van der Waals surface area contributed by atoms with E-state index in [1.807, 2.05) is 0 Å². The van der Waals surface area contributed by atoms with Crippen LogP contribution in [0.1, 0.15) is 0 Å². The van der Waals surface area contributed by atoms with E-state index in [0.717, 1.165) is 6.20 Å². The van der Waals surface area contributed by atoms with Crippen LogP contribution in [0, 0.1) is 0 Å². The second-order valence-electron chi connectivity index (χ2n) is 2.16. The summed E-state index contributed by atoms with van der Waals surface area (Å²) < 4.78 is 4.55. The quantitative estimate of drug-likeness (QED) is 0.611. The lowest BCUT2D eigenvalue weighted by atomic mass is 10.6. The number of carbonyl (C=O) groups excluding carboxylic acids is 1. The van der Waals surface area contributed by atoms with Crippen LogP contribution in [0.5, 0.6) is 0 Å². The van der Waals surface area contributed by atoms with Gasteiger partial charge in [0.15, 0.2) is 0 Å². The van der Waals surface area contributed by atoms with Gasteiger partial charge < -0.3 is 4.74 Å². The van der Waals surface area contributed by atoms with Crippen molar-refractivity contribution in [3.05, 3.63) is 16.6 Å². The zero-order valence-corrected chi connectivity index (χ0v) is 6.90. The number of H-pyrrole nitrogens is 1. The van der Waals surface area contributed by atoms with E-state index in [9.17, 15) is 9.59 Å². The number of hydrogen-bond donors (Lipinski definition) is 2. The molecule has 70 valence electrons. The van der Waals surface area contributed by atoms with Gasteiger partial charge in [0.2, 0.25) is 5.95 Å². The molecule has 0 aliphatic carbocycles. The number of aromatic amines is 1. The van der Waals surface area contributed by atoms with Crippen LogP contribution in [0.15, 0.2) is 11.0 Å². The molecule has 1 aromatic heterocycles. The third kappa shape index (κ3) is 2.99. The van der Waals surface area contributed by atoms with Gasteiger partial charge in [-0.15, -0.1) is 10.2 Å². The lowest BCUT2D eigenvalue weighted by Gasteiger charge is -2.00. The Balaban J connectivity index is 2.64. The molecule has 7 heteroatoms. The second kappa shape index (κ2) is 4.31. The molecular weight excluding hydrogens is 176 g/mol. The van der Waals surface area contributed by atoms with Gasteiger partial charge in [0.25, 0.3) is 11.5 Å². The van der Waals surface area contributed by atoms with Crippen LogP contribution in [0.2, 0.25) is 0 Å². The molecule has 0 aromatic carbocycles. The molecule has 0 fully saturated rings. The highest BCUT2D eigenvalue weighted by atomic mass is 16.5. The van der Waals surface area contributed by atoms with Crippen LogP contribution in [-0.2, 0) is 9.53 Å². The molecule has 1 heterocycles. The Labute approximate surface area is 73.1 Å². The zero-order valence-electron chi connectivity index (χ0n) is 6.90. The molecule has 0 saturated carbocycles. The van der Waals surface area contributed by atoms with Gasteiger partial charge >= 0.3 is 0 Å². The molecule has 0 unspecified atom stereocenters. The highest BCUT2D eigenvalue weighted by Crippen LogP contribution is 1.88. The summed E-state index contributed by atoms with van der Waals surface area (Å²) in [6.07, 6.45) is 1.01. The van der Waals surface area contributed by atoms with Crippen LogP contribution in [0.3, 0.4) is 0 Å². The molecule has 0 radical (unpaired) electrons. The van der Waals surface area contributed by atoms with Crippen molar-refractivity contribution in [1.82, 2.24) is 15.2 Å². The van der Waals surface area contributed by atoms with Gasteiger partial charge in [-0.2, -0.15) is 0 Å². The van der Waals surface area contributed by atoms with Crippen molar-refractivity contribution >= 4 is 11.9 Å². The lowest BCUT2D eigenvalue weighted by molar-refractivity contribution is -0.119. The van der Waals surface area contributed by atoms with Crippen molar-refractivity contribution in [1.29, 1.82) is 0 Å². The van der Waals surface area contributed by atoms with Gasteiger partial charge in [-0.3, -0.25) is 19.9 Å². The summed E-state index contributed by atoms with van der Waals surface area (Å²) in [4.78, 5) is 23.9. The van der Waals surface area contributed by atoms with Gasteiger partial charge in [-0.05, 0) is 0 Å². The largest absolute Gasteiger partial charge is 0.375 e. The van der Waals surface area contributed by atoms with Crippen molar-refractivity contribution in [2.75, 3.05) is 19.0 Å². The van der Waals surface area contributed by atoms with Gasteiger partial charge in [0.05, 0.1) is 0 Å². The van der Waals surface area contributed by atoms with E-state index < -0.39 is 11.5 Å². The predicted molar refractivity (Wildman–Crippen MR) is 43.2 cm³/mol. The molecule has 0 spiro atoms. The molecule has 13 heavy (non-hydrogen) atoms. The number of methoxy groups -OCH3 is 1. The molecule has 0 aliphatic rings. The number of aromatic nitrogens is 3. The Bertz CT molecular complexity index is 348. The highest BCUT2D eigenvalue weighted by molar-refractivity contribution is 5.89. The number of nitrogens with one attached hydrogen (secondary N) is 2. The Hall–Kier alpha value is -1.76. The maximum atomic E-state index is 10.9. The Kier molecular flexibility index (Phi) is 3.09. The minimum atomic E-state index is -0.428. The van der Waals surface area contributed by atoms with E-state index in [0.29, 0.717) is 0 Å². The zero-order chi connectivity index (χ0) is 9.68. The first-order chi connectivity index (χ1) is 6.22. The van der Waals surface area contributed by atoms with E-state index in [2.05, 4.69) is 25.2 Å². The summed E-state index contributed by atoms with van der Waals surface area (Å²) in [6, 6.07) is 0. The molecule has 1 aromatic rings. The van der Waals surface area contributed by atoms with Gasteiger partial charge in [0, 0.05) is 7.11 Å². The van der Waals surface area contributed by atoms with Crippen molar-refractivity contribution in [3.63, 3.8) is 0 Å². The molecule has 7 nitrogen and oxygen atoms in total. The third-order valence-corrected chi connectivity index (χ3v) is 1.11. The number of hydrogen-bond acceptors (Lipinski definition) is 5. The van der Waals surface area contributed by atoms with Gasteiger partial charge in [-0.25, -0.2) is 0 Å². The minimum Gasteiger partial charge on any atom is -0.375 e. The smallest absolute Gasteiger partial charge is 0.271 e. The van der Waals surface area contributed by atoms with E-state index in [4.69, 9.17) is 0 Å². The first kappa shape index (κ1) is 9.33. The average molecular weight is 184 g/mol. The molecule has 0 saturated heterocycles. The summed E-state index contributed by atoms with van der Waals surface area (Å²) in [7, 11) is 1.39. The summed E-state index contributed by atoms with van der Waals surface area (Å²) in [6.45, 7) is -0.0986. The van der Waals surface area contributed by atoms with Crippen molar-refractivity contribution < 1.29 is 9.53 Å². The molecule has 1 rings (SSSR count). The maximum Gasteiger partial charge on any atom is 0.271 e. The summed E-state index contributed by atoms with van der Waals surface area (Å²) >= 11 is 0. The fraction of sp³-hybridized carbons (Fsp3) is 0.333. The highest BCUT2D eigenvalue weighted by Gasteiger charge is 2.02. The fourth-order valence-electron chi connectivity index (χ4n) is 0.669. The Morgan fingerprint density at radius 2 is 2.54 bits per heavy atom. The van der Waals surface area contributed by atoms with E-state index in [-0.39, 0.29) is 12.6 Å². The van der Waals surface area contributed by atoms with Gasteiger partial charge in [-0.1, -0.05) is 0 Å².